The van der Waals surface area contributed by atoms with Gasteiger partial charge in [-0.2, -0.15) is 4.98 Å². The zero-order valence-corrected chi connectivity index (χ0v) is 22.7. The molecule has 5 rings (SSSR count). The van der Waals surface area contributed by atoms with E-state index >= 15 is 0 Å². The molecule has 11 heteroatoms. The number of rotatable bonds is 8. The fourth-order valence-electron chi connectivity index (χ4n) is 5.43. The summed E-state index contributed by atoms with van der Waals surface area (Å²) in [4.78, 5) is 18.8. The van der Waals surface area contributed by atoms with Gasteiger partial charge in [0.25, 0.3) is 0 Å². The van der Waals surface area contributed by atoms with Gasteiger partial charge in [0.2, 0.25) is 5.95 Å². The number of nitrogens with one attached hydrogen (secondary N) is 2. The van der Waals surface area contributed by atoms with Crippen molar-refractivity contribution in [3.05, 3.63) is 23.7 Å². The van der Waals surface area contributed by atoms with E-state index in [-0.39, 0.29) is 0 Å². The molecule has 0 aliphatic heterocycles. The normalized spacial score (nSPS) is 27.9. The van der Waals surface area contributed by atoms with Crippen LogP contribution in [0.25, 0.3) is 20.8 Å². The van der Waals surface area contributed by atoms with Crippen LogP contribution < -0.4 is 10.6 Å². The van der Waals surface area contributed by atoms with Gasteiger partial charge in [-0.3, -0.25) is 4.98 Å². The Balaban J connectivity index is 1.48. The minimum Gasteiger partial charge on any atom is -0.390 e. The molecule has 2 fully saturated rings. The van der Waals surface area contributed by atoms with Crippen molar-refractivity contribution in [3.63, 3.8) is 0 Å². The number of aliphatic hydroxyl groups is 3. The van der Waals surface area contributed by atoms with Crippen LogP contribution in [-0.2, 0) is 4.74 Å². The molecule has 5 N–H and O–H groups in total. The maximum atomic E-state index is 10.9. The van der Waals surface area contributed by atoms with Crippen molar-refractivity contribution in [1.82, 2.24) is 19.9 Å². The van der Waals surface area contributed by atoms with Crippen LogP contribution >= 0.6 is 11.3 Å². The first kappa shape index (κ1) is 26.2. The zero-order valence-electron chi connectivity index (χ0n) is 21.9. The molecule has 2 aliphatic rings. The largest absolute Gasteiger partial charge is 0.390 e. The third-order valence-electron chi connectivity index (χ3n) is 7.78. The molecule has 2 saturated carbocycles. The molecule has 10 nitrogen and oxygen atoms in total. The first-order chi connectivity index (χ1) is 17.5. The van der Waals surface area contributed by atoms with E-state index in [2.05, 4.69) is 15.6 Å². The minimum atomic E-state index is -1.13. The maximum absolute atomic E-state index is 10.9. The van der Waals surface area contributed by atoms with Gasteiger partial charge < -0.3 is 30.7 Å². The molecule has 0 amide bonds. The number of anilines is 2. The lowest BCUT2D eigenvalue weighted by Crippen LogP contribution is -2.40. The van der Waals surface area contributed by atoms with Crippen molar-refractivity contribution in [2.75, 3.05) is 24.3 Å². The van der Waals surface area contributed by atoms with Gasteiger partial charge in [-0.25, -0.2) is 9.97 Å². The highest BCUT2D eigenvalue weighted by Gasteiger charge is 2.48. The summed E-state index contributed by atoms with van der Waals surface area (Å²) in [5.41, 5.74) is 2.06. The van der Waals surface area contributed by atoms with Crippen LogP contribution in [0.1, 0.15) is 44.5 Å². The highest BCUT2D eigenvalue weighted by molar-refractivity contribution is 7.21. The van der Waals surface area contributed by atoms with E-state index in [1.165, 1.54) is 11.3 Å². The molecule has 0 spiro atoms. The Morgan fingerprint density at radius 1 is 1.08 bits per heavy atom. The number of pyridine rings is 1. The highest BCUT2D eigenvalue weighted by Crippen LogP contribution is 2.40. The molecule has 0 aromatic carbocycles. The van der Waals surface area contributed by atoms with Crippen molar-refractivity contribution in [2.24, 2.45) is 11.8 Å². The second kappa shape index (κ2) is 10.0. The molecular formula is C26H36N6O4S. The predicted molar refractivity (Wildman–Crippen MR) is 144 cm³/mol. The van der Waals surface area contributed by atoms with E-state index in [1.54, 1.807) is 27.2 Å². The van der Waals surface area contributed by atoms with Gasteiger partial charge >= 0.3 is 0 Å². The average molecular weight is 529 g/mol. The summed E-state index contributed by atoms with van der Waals surface area (Å²) >= 11 is 1.54. The van der Waals surface area contributed by atoms with Gasteiger partial charge in [-0.15, -0.1) is 11.3 Å². The fraction of sp³-hybridized carbons (Fsp3) is 0.615. The second-order valence-corrected chi connectivity index (χ2v) is 12.0. The van der Waals surface area contributed by atoms with Crippen molar-refractivity contribution < 1.29 is 20.1 Å². The van der Waals surface area contributed by atoms with Crippen LogP contribution in [0, 0.1) is 25.7 Å². The third kappa shape index (κ3) is 5.15. The van der Waals surface area contributed by atoms with Gasteiger partial charge in [0.1, 0.15) is 22.4 Å². The van der Waals surface area contributed by atoms with Crippen LogP contribution in [0.5, 0.6) is 0 Å². The molecule has 0 radical (unpaired) electrons. The molecule has 200 valence electrons. The topological polar surface area (TPSA) is 146 Å². The fourth-order valence-corrected chi connectivity index (χ4v) is 6.54. The van der Waals surface area contributed by atoms with E-state index < -0.39 is 29.8 Å². The smallest absolute Gasteiger partial charge is 0.224 e. The molecule has 3 aromatic rings. The summed E-state index contributed by atoms with van der Waals surface area (Å²) in [6.45, 7) is 7.92. The molecule has 3 aromatic heterocycles. The lowest BCUT2D eigenvalue weighted by atomic mass is 9.82. The highest BCUT2D eigenvalue weighted by atomic mass is 32.1. The van der Waals surface area contributed by atoms with Gasteiger partial charge in [0, 0.05) is 25.8 Å². The van der Waals surface area contributed by atoms with Gasteiger partial charge in [0.15, 0.2) is 0 Å². The van der Waals surface area contributed by atoms with E-state index in [9.17, 15) is 15.3 Å². The zero-order chi connectivity index (χ0) is 26.5. The van der Waals surface area contributed by atoms with Gasteiger partial charge in [-0.05, 0) is 58.9 Å². The quantitative estimate of drug-likeness (QED) is 0.296. The Kier molecular flexibility index (Phi) is 7.10. The van der Waals surface area contributed by atoms with Gasteiger partial charge in [0.05, 0.1) is 45.5 Å². The second-order valence-electron chi connectivity index (χ2n) is 10.9. The number of fused-ring (bicyclic) bond motifs is 1. The first-order valence-corrected chi connectivity index (χ1v) is 13.6. The Morgan fingerprint density at radius 3 is 2.49 bits per heavy atom. The van der Waals surface area contributed by atoms with Crippen molar-refractivity contribution in [3.8, 4) is 10.6 Å². The summed E-state index contributed by atoms with van der Waals surface area (Å²) < 4.78 is 6.41. The Hall–Kier alpha value is -2.44. The molecule has 2 aliphatic carbocycles. The summed E-state index contributed by atoms with van der Waals surface area (Å²) in [5.74, 6) is 1.06. The molecule has 0 saturated heterocycles. The van der Waals surface area contributed by atoms with Crippen molar-refractivity contribution in [2.45, 2.75) is 76.9 Å². The Bertz CT molecular complexity index is 1270. The van der Waals surface area contributed by atoms with Gasteiger partial charge in [-0.1, -0.05) is 0 Å². The number of nitrogens with zero attached hydrogens (tertiary/aromatic N) is 4. The number of hydrogen-bond acceptors (Lipinski definition) is 11. The maximum Gasteiger partial charge on any atom is 0.224 e. The number of hydrogen-bond donors (Lipinski definition) is 5. The van der Waals surface area contributed by atoms with E-state index in [1.807, 2.05) is 19.9 Å². The predicted octanol–water partition coefficient (Wildman–Crippen LogP) is 2.90. The SMILES string of the molecule is COC1CC(CNc2nc(C)c(-c3nc4c(C)nccc4s3)c(N[C@@H]3C[C@H](C(C)(C)O)[C@@H](O)[C@H]3O)n2)C1. The Morgan fingerprint density at radius 2 is 1.84 bits per heavy atom. The van der Waals surface area contributed by atoms with E-state index in [0.29, 0.717) is 30.2 Å². The van der Waals surface area contributed by atoms with Crippen LogP contribution in [0.4, 0.5) is 11.8 Å². The molecule has 3 heterocycles. The Labute approximate surface area is 220 Å². The number of aromatic nitrogens is 4. The van der Waals surface area contributed by atoms with Crippen molar-refractivity contribution in [1.29, 1.82) is 0 Å². The summed E-state index contributed by atoms with van der Waals surface area (Å²) in [6, 6.07) is 1.44. The minimum absolute atomic E-state index is 0.324. The third-order valence-corrected chi connectivity index (χ3v) is 8.82. The number of thiazole rings is 1. The molecule has 4 atom stereocenters. The van der Waals surface area contributed by atoms with Crippen LogP contribution in [0.15, 0.2) is 12.3 Å². The molecular weight excluding hydrogens is 492 g/mol. The monoisotopic (exact) mass is 528 g/mol. The first-order valence-electron chi connectivity index (χ1n) is 12.8. The summed E-state index contributed by atoms with van der Waals surface area (Å²) in [6.07, 6.45) is 2.40. The molecule has 0 unspecified atom stereocenters. The summed E-state index contributed by atoms with van der Waals surface area (Å²) in [7, 11) is 1.74. The van der Waals surface area contributed by atoms with Crippen LogP contribution in [-0.4, -0.2) is 78.9 Å². The average Bonchev–Trinajstić information content (AvgIpc) is 3.35. The number of aryl methyl sites for hydroxylation is 2. The summed E-state index contributed by atoms with van der Waals surface area (Å²) in [5, 5.41) is 39.6. The lowest BCUT2D eigenvalue weighted by molar-refractivity contribution is -0.0601. The van der Waals surface area contributed by atoms with Crippen molar-refractivity contribution >= 4 is 33.3 Å². The van der Waals surface area contributed by atoms with Crippen LogP contribution in [0.2, 0.25) is 0 Å². The van der Waals surface area contributed by atoms with Crippen LogP contribution in [0.3, 0.4) is 0 Å². The standard InChI is InChI=1S/C26H36N6O4S/c1-12-19(24-31-20-13(2)27-7-6-18(20)37-24)23(30-17-10-16(26(3,4)35)21(33)22(17)34)32-25(29-12)28-11-14-8-15(9-14)36-5/h6-7,14-17,21-22,33-35H,8-11H2,1-5H3,(H2,28,29,30,32)/t14?,15?,16-,17+,21+,22-/m0/s1. The molecule has 37 heavy (non-hydrogen) atoms. The van der Waals surface area contributed by atoms with E-state index in [0.717, 1.165) is 51.6 Å². The number of ether oxygens (including phenoxy) is 1. The number of aliphatic hydroxyl groups excluding tert-OH is 2. The lowest BCUT2D eigenvalue weighted by Gasteiger charge is -2.34. The van der Waals surface area contributed by atoms with E-state index in [4.69, 9.17) is 19.7 Å². The molecule has 0 bridgehead atoms. The number of methoxy groups -OCH3 is 1.